The number of benzene rings is 2. The van der Waals surface area contributed by atoms with Crippen molar-refractivity contribution in [1.29, 1.82) is 0 Å². The van der Waals surface area contributed by atoms with Crippen molar-refractivity contribution in [1.82, 2.24) is 19.6 Å². The van der Waals surface area contributed by atoms with Gasteiger partial charge in [0, 0.05) is 42.9 Å². The molecule has 0 saturated carbocycles. The summed E-state index contributed by atoms with van der Waals surface area (Å²) in [5.74, 6) is 1.65. The third-order valence-electron chi connectivity index (χ3n) is 6.51. The summed E-state index contributed by atoms with van der Waals surface area (Å²) in [6.45, 7) is 5.99. The third-order valence-corrected chi connectivity index (χ3v) is 8.26. The van der Waals surface area contributed by atoms with Crippen LogP contribution in [-0.2, 0) is 16.4 Å². The zero-order valence-corrected chi connectivity index (χ0v) is 24.0. The van der Waals surface area contributed by atoms with Gasteiger partial charge in [0.2, 0.25) is 10.0 Å². The molecule has 1 saturated heterocycles. The maximum Gasteiger partial charge on any atom is 0.242 e. The number of anilines is 3. The Bertz CT molecular complexity index is 1380. The molecule has 2 aromatic carbocycles. The molecule has 11 heteroatoms. The fourth-order valence-electron chi connectivity index (χ4n) is 4.44. The van der Waals surface area contributed by atoms with Gasteiger partial charge in [-0.15, -0.1) is 0 Å². The Morgan fingerprint density at radius 1 is 1.21 bits per heavy atom. The van der Waals surface area contributed by atoms with E-state index in [-0.39, 0.29) is 16.0 Å². The lowest BCUT2D eigenvalue weighted by molar-refractivity contribution is 0.240. The van der Waals surface area contributed by atoms with Gasteiger partial charge in [0.05, 0.1) is 18.0 Å². The molecule has 0 radical (unpaired) electrons. The number of likely N-dealkylation sites (N-methyl/N-ethyl adjacent to an activating group) is 1. The molecule has 1 atom stereocenters. The highest BCUT2D eigenvalue weighted by atomic mass is 35.5. The van der Waals surface area contributed by atoms with Gasteiger partial charge in [0.15, 0.2) is 5.82 Å². The largest absolute Gasteiger partial charge is 0.491 e. The molecule has 0 amide bonds. The second kappa shape index (κ2) is 11.9. The van der Waals surface area contributed by atoms with E-state index in [1.165, 1.54) is 19.3 Å². The highest BCUT2D eigenvalue weighted by Crippen LogP contribution is 2.32. The van der Waals surface area contributed by atoms with Gasteiger partial charge >= 0.3 is 0 Å². The van der Waals surface area contributed by atoms with Crippen LogP contribution in [0.1, 0.15) is 31.7 Å². The van der Waals surface area contributed by atoms with Crippen molar-refractivity contribution >= 4 is 38.8 Å². The molecule has 38 heavy (non-hydrogen) atoms. The van der Waals surface area contributed by atoms with Crippen LogP contribution in [0.2, 0.25) is 5.02 Å². The normalized spacial score (nSPS) is 15.9. The molecule has 2 N–H and O–H groups in total. The summed E-state index contributed by atoms with van der Waals surface area (Å²) in [6, 6.07) is 13.4. The first kappa shape index (κ1) is 28.1. The van der Waals surface area contributed by atoms with E-state index in [2.05, 4.69) is 62.1 Å². The van der Waals surface area contributed by atoms with E-state index in [1.54, 1.807) is 18.2 Å². The average Bonchev–Trinajstić information content (AvgIpc) is 3.38. The van der Waals surface area contributed by atoms with Crippen LogP contribution in [0.5, 0.6) is 5.75 Å². The van der Waals surface area contributed by atoms with Crippen LogP contribution >= 0.6 is 11.6 Å². The van der Waals surface area contributed by atoms with E-state index < -0.39 is 10.0 Å². The van der Waals surface area contributed by atoms with Gasteiger partial charge in [-0.2, -0.15) is 0 Å². The van der Waals surface area contributed by atoms with Crippen LogP contribution in [-0.4, -0.2) is 69.7 Å². The minimum Gasteiger partial charge on any atom is -0.491 e. The molecule has 1 fully saturated rings. The number of sulfonamides is 1. The Balaban J connectivity index is 1.60. The van der Waals surface area contributed by atoms with E-state index in [4.69, 9.17) is 16.3 Å². The number of aromatic nitrogens is 2. The topological polar surface area (TPSA) is 99.7 Å². The first-order valence-corrected chi connectivity index (χ1v) is 14.5. The Morgan fingerprint density at radius 3 is 2.66 bits per heavy atom. The van der Waals surface area contributed by atoms with Crippen LogP contribution in [0.15, 0.2) is 53.6 Å². The Hall–Kier alpha value is -2.92. The Labute approximate surface area is 230 Å². The van der Waals surface area contributed by atoms with Crippen LogP contribution in [0.25, 0.3) is 0 Å². The van der Waals surface area contributed by atoms with Crippen molar-refractivity contribution in [2.45, 2.75) is 43.7 Å². The van der Waals surface area contributed by atoms with E-state index in [9.17, 15) is 8.42 Å². The molecule has 0 spiro atoms. The summed E-state index contributed by atoms with van der Waals surface area (Å²) in [4.78, 5) is 13.8. The first-order valence-electron chi connectivity index (χ1n) is 12.6. The van der Waals surface area contributed by atoms with Gasteiger partial charge in [-0.1, -0.05) is 29.8 Å². The van der Waals surface area contributed by atoms with Crippen molar-refractivity contribution < 1.29 is 13.2 Å². The van der Waals surface area contributed by atoms with Gasteiger partial charge in [-0.05, 0) is 59.6 Å². The summed E-state index contributed by atoms with van der Waals surface area (Å²) in [5.41, 5.74) is 2.45. The molecule has 1 aliphatic heterocycles. The molecule has 0 unspecified atom stereocenters. The smallest absolute Gasteiger partial charge is 0.242 e. The highest BCUT2D eigenvalue weighted by Gasteiger charge is 2.25. The highest BCUT2D eigenvalue weighted by molar-refractivity contribution is 7.89. The predicted octanol–water partition coefficient (Wildman–Crippen LogP) is 4.30. The molecule has 9 nitrogen and oxygen atoms in total. The lowest BCUT2D eigenvalue weighted by Crippen LogP contribution is -2.31. The molecule has 1 aliphatic rings. The number of ether oxygens (including phenoxy) is 1. The van der Waals surface area contributed by atoms with Gasteiger partial charge in [0.1, 0.15) is 21.5 Å². The number of rotatable bonds is 10. The van der Waals surface area contributed by atoms with Gasteiger partial charge < -0.3 is 19.9 Å². The maximum atomic E-state index is 12.5. The molecule has 3 aromatic rings. The number of hydrogen-bond acceptors (Lipinski definition) is 8. The zero-order valence-electron chi connectivity index (χ0n) is 22.4. The monoisotopic (exact) mass is 558 g/mol. The van der Waals surface area contributed by atoms with E-state index >= 15 is 0 Å². The molecular formula is C27H35ClN6O3S. The van der Waals surface area contributed by atoms with E-state index in [1.807, 2.05) is 13.8 Å². The van der Waals surface area contributed by atoms with Crippen LogP contribution in [0.4, 0.5) is 17.2 Å². The maximum absolute atomic E-state index is 12.5. The minimum atomic E-state index is -3.68. The van der Waals surface area contributed by atoms with Crippen molar-refractivity contribution in [3.63, 3.8) is 0 Å². The van der Waals surface area contributed by atoms with Crippen molar-refractivity contribution in [3.05, 3.63) is 65.1 Å². The standard InChI is InChI=1S/C27H35ClN6O3S/c1-18(2)37-24-15-20(34-13-12-21(17-34)33(4)5)11-10-19(24)14-26-30-16-22(28)27(32-26)31-23-8-6-7-9-25(23)38(35,36)29-3/h6-11,15-16,18,21,29H,12-14,17H2,1-5H3,(H,30,31,32)/t21-/m0/s1. The van der Waals surface area contributed by atoms with Crippen LogP contribution in [0, 0.1) is 0 Å². The van der Waals surface area contributed by atoms with Crippen molar-refractivity contribution in [2.24, 2.45) is 0 Å². The van der Waals surface area contributed by atoms with Gasteiger partial charge in [-0.3, -0.25) is 0 Å². The predicted molar refractivity (Wildman–Crippen MR) is 152 cm³/mol. The molecule has 4 rings (SSSR count). The number of nitrogens with zero attached hydrogens (tertiary/aromatic N) is 4. The van der Waals surface area contributed by atoms with Gasteiger partial charge in [-0.25, -0.2) is 23.1 Å². The summed E-state index contributed by atoms with van der Waals surface area (Å²) in [7, 11) is 1.94. The second-order valence-electron chi connectivity index (χ2n) is 9.80. The van der Waals surface area contributed by atoms with Crippen molar-refractivity contribution in [3.8, 4) is 5.75 Å². The van der Waals surface area contributed by atoms with Gasteiger partial charge in [0.25, 0.3) is 0 Å². The number of nitrogens with one attached hydrogen (secondary N) is 2. The minimum absolute atomic E-state index is 0.00564. The first-order chi connectivity index (χ1) is 18.1. The zero-order chi connectivity index (χ0) is 27.4. The Morgan fingerprint density at radius 2 is 1.97 bits per heavy atom. The molecule has 204 valence electrons. The summed E-state index contributed by atoms with van der Waals surface area (Å²) in [6.07, 6.45) is 3.07. The average molecular weight is 559 g/mol. The molecule has 2 heterocycles. The second-order valence-corrected chi connectivity index (χ2v) is 12.1. The number of halogens is 1. The van der Waals surface area contributed by atoms with E-state index in [0.717, 1.165) is 36.5 Å². The number of para-hydroxylation sites is 1. The molecule has 0 aliphatic carbocycles. The Kier molecular flexibility index (Phi) is 8.77. The molecule has 1 aromatic heterocycles. The fraction of sp³-hybridized carbons (Fsp3) is 0.407. The lowest BCUT2D eigenvalue weighted by Gasteiger charge is -2.23. The summed E-state index contributed by atoms with van der Waals surface area (Å²) >= 11 is 6.39. The van der Waals surface area contributed by atoms with Crippen molar-refractivity contribution in [2.75, 3.05) is 44.4 Å². The third kappa shape index (κ3) is 6.55. The van der Waals surface area contributed by atoms with Crippen LogP contribution < -0.4 is 19.7 Å². The lowest BCUT2D eigenvalue weighted by atomic mass is 10.1. The summed E-state index contributed by atoms with van der Waals surface area (Å²) < 4.78 is 33.5. The van der Waals surface area contributed by atoms with Crippen LogP contribution in [0.3, 0.4) is 0 Å². The quantitative estimate of drug-likeness (QED) is 0.380. The van der Waals surface area contributed by atoms with E-state index in [0.29, 0.717) is 29.8 Å². The fourth-order valence-corrected chi connectivity index (χ4v) is 5.46. The molecule has 0 bridgehead atoms. The summed E-state index contributed by atoms with van der Waals surface area (Å²) in [5, 5.41) is 3.35. The molecular weight excluding hydrogens is 524 g/mol. The SMILES string of the molecule is CNS(=O)(=O)c1ccccc1Nc1nc(Cc2ccc(N3CC[C@H](N(C)C)C3)cc2OC(C)C)ncc1Cl. The number of hydrogen-bond donors (Lipinski definition) is 2.